The molecule has 6 nitrogen and oxygen atoms in total. The summed E-state index contributed by atoms with van der Waals surface area (Å²) < 4.78 is 0. The van der Waals surface area contributed by atoms with Crippen molar-refractivity contribution in [2.45, 2.75) is 50.7 Å². The molecule has 140 valence electrons. The molecular formula is C21H24N4O2. The third kappa shape index (κ3) is 3.70. The summed E-state index contributed by atoms with van der Waals surface area (Å²) in [5, 5.41) is 0. The fourth-order valence-electron chi connectivity index (χ4n) is 4.30. The summed E-state index contributed by atoms with van der Waals surface area (Å²) in [6.07, 6.45) is 8.81. The van der Waals surface area contributed by atoms with Crippen LogP contribution in [-0.2, 0) is 11.3 Å². The van der Waals surface area contributed by atoms with E-state index in [1.807, 2.05) is 28.0 Å². The molecule has 0 aliphatic carbocycles. The third-order valence-electron chi connectivity index (χ3n) is 5.61. The molecule has 2 fully saturated rings. The number of aromatic nitrogens is 2. The van der Waals surface area contributed by atoms with E-state index in [2.05, 4.69) is 22.1 Å². The minimum absolute atomic E-state index is 0.0486. The second-order valence-electron chi connectivity index (χ2n) is 7.27. The number of benzene rings is 1. The van der Waals surface area contributed by atoms with E-state index in [0.717, 1.165) is 31.2 Å². The zero-order valence-corrected chi connectivity index (χ0v) is 15.3. The van der Waals surface area contributed by atoms with Crippen LogP contribution in [0, 0.1) is 0 Å². The average molecular weight is 364 g/mol. The zero-order chi connectivity index (χ0) is 18.6. The van der Waals surface area contributed by atoms with Gasteiger partial charge < -0.3 is 9.80 Å². The molecule has 2 amide bonds. The highest BCUT2D eigenvalue weighted by Crippen LogP contribution is 2.32. The molecule has 0 unspecified atom stereocenters. The van der Waals surface area contributed by atoms with Crippen LogP contribution in [0.4, 0.5) is 0 Å². The number of hydrogen-bond acceptors (Lipinski definition) is 4. The maximum absolute atomic E-state index is 13.0. The van der Waals surface area contributed by atoms with Crippen molar-refractivity contribution >= 4 is 11.8 Å². The monoisotopic (exact) mass is 364 g/mol. The summed E-state index contributed by atoms with van der Waals surface area (Å²) >= 11 is 0. The Morgan fingerprint density at radius 2 is 1.93 bits per heavy atom. The van der Waals surface area contributed by atoms with Crippen LogP contribution in [0.3, 0.4) is 0 Å². The van der Waals surface area contributed by atoms with E-state index < -0.39 is 0 Å². The molecule has 1 aromatic heterocycles. The summed E-state index contributed by atoms with van der Waals surface area (Å²) in [4.78, 5) is 37.9. The Morgan fingerprint density at radius 1 is 1.07 bits per heavy atom. The molecule has 0 bridgehead atoms. The van der Waals surface area contributed by atoms with Gasteiger partial charge in [0.1, 0.15) is 5.69 Å². The highest BCUT2D eigenvalue weighted by Gasteiger charge is 2.42. The van der Waals surface area contributed by atoms with Crippen molar-refractivity contribution in [3.05, 3.63) is 60.2 Å². The van der Waals surface area contributed by atoms with Gasteiger partial charge in [0, 0.05) is 31.9 Å². The fraction of sp³-hybridized carbons (Fsp3) is 0.429. The van der Waals surface area contributed by atoms with Gasteiger partial charge in [0.2, 0.25) is 5.91 Å². The molecule has 6 heteroatoms. The van der Waals surface area contributed by atoms with Crippen molar-refractivity contribution in [1.82, 2.24) is 19.8 Å². The van der Waals surface area contributed by atoms with Gasteiger partial charge in [-0.3, -0.25) is 14.6 Å². The number of nitrogens with zero attached hydrogens (tertiary/aromatic N) is 4. The minimum atomic E-state index is -0.0803. The van der Waals surface area contributed by atoms with Gasteiger partial charge in [-0.05, 0) is 24.8 Å². The molecule has 2 aliphatic rings. The quantitative estimate of drug-likeness (QED) is 0.840. The largest absolute Gasteiger partial charge is 0.333 e. The summed E-state index contributed by atoms with van der Waals surface area (Å²) in [7, 11) is 0. The molecule has 0 radical (unpaired) electrons. The van der Waals surface area contributed by atoms with Crippen LogP contribution in [0.1, 0.15) is 48.2 Å². The summed E-state index contributed by atoms with van der Waals surface area (Å²) in [5.74, 6) is 0.116. The van der Waals surface area contributed by atoms with Crippen molar-refractivity contribution in [2.24, 2.45) is 0 Å². The lowest BCUT2D eigenvalue weighted by Crippen LogP contribution is -2.49. The van der Waals surface area contributed by atoms with Gasteiger partial charge >= 0.3 is 0 Å². The molecular weight excluding hydrogens is 340 g/mol. The molecule has 0 spiro atoms. The van der Waals surface area contributed by atoms with Crippen LogP contribution in [0.25, 0.3) is 0 Å². The second kappa shape index (κ2) is 7.86. The molecule has 27 heavy (non-hydrogen) atoms. The Bertz CT molecular complexity index is 796. The standard InChI is InChI=1S/C21H24N4O2/c26-20-9-5-4-8-18-19(25(20)15-16-6-2-1-3-7-16)10-13-24(18)21(27)17-14-22-11-12-23-17/h1-3,6-7,11-12,14,18-19H,4-5,8-10,13,15H2/t18-,19+/m1/s1. The highest BCUT2D eigenvalue weighted by molar-refractivity contribution is 5.92. The van der Waals surface area contributed by atoms with E-state index in [1.54, 1.807) is 12.4 Å². The Morgan fingerprint density at radius 3 is 2.70 bits per heavy atom. The molecule has 2 saturated heterocycles. The SMILES string of the molecule is O=C(c1cnccn1)N1CC[C@H]2[C@H]1CCCCC(=O)N2Cc1ccccc1. The first kappa shape index (κ1) is 17.6. The number of amides is 2. The Balaban J connectivity index is 1.58. The average Bonchev–Trinajstić information content (AvgIpc) is 3.12. The summed E-state index contributed by atoms with van der Waals surface area (Å²) in [5.41, 5.74) is 1.50. The molecule has 3 heterocycles. The van der Waals surface area contributed by atoms with Crippen LogP contribution in [0.2, 0.25) is 0 Å². The van der Waals surface area contributed by atoms with E-state index in [1.165, 1.54) is 6.20 Å². The number of carbonyl (C=O) groups is 2. The number of carbonyl (C=O) groups excluding carboxylic acids is 2. The van der Waals surface area contributed by atoms with Gasteiger partial charge in [-0.15, -0.1) is 0 Å². The Labute approximate surface area is 159 Å². The van der Waals surface area contributed by atoms with Crippen molar-refractivity contribution in [2.75, 3.05) is 6.54 Å². The predicted molar refractivity (Wildman–Crippen MR) is 101 cm³/mol. The van der Waals surface area contributed by atoms with E-state index >= 15 is 0 Å². The molecule has 4 rings (SSSR count). The lowest BCUT2D eigenvalue weighted by molar-refractivity contribution is -0.135. The van der Waals surface area contributed by atoms with Crippen molar-refractivity contribution < 1.29 is 9.59 Å². The minimum Gasteiger partial charge on any atom is -0.333 e. The first-order valence-corrected chi connectivity index (χ1v) is 9.64. The number of fused-ring (bicyclic) bond motifs is 1. The predicted octanol–water partition coefficient (Wildman–Crippen LogP) is 2.66. The molecule has 2 aliphatic heterocycles. The van der Waals surface area contributed by atoms with Gasteiger partial charge in [-0.1, -0.05) is 36.8 Å². The van der Waals surface area contributed by atoms with Crippen LogP contribution in [-0.4, -0.2) is 50.2 Å². The van der Waals surface area contributed by atoms with Gasteiger partial charge in [0.05, 0.1) is 18.3 Å². The summed E-state index contributed by atoms with van der Waals surface area (Å²) in [6.45, 7) is 1.26. The highest BCUT2D eigenvalue weighted by atomic mass is 16.2. The number of likely N-dealkylation sites (tertiary alicyclic amines) is 2. The normalized spacial score (nSPS) is 22.9. The second-order valence-corrected chi connectivity index (χ2v) is 7.27. The Hall–Kier alpha value is -2.76. The Kier molecular flexibility index (Phi) is 5.14. The van der Waals surface area contributed by atoms with E-state index in [9.17, 15) is 9.59 Å². The van der Waals surface area contributed by atoms with E-state index in [4.69, 9.17) is 0 Å². The topological polar surface area (TPSA) is 66.4 Å². The van der Waals surface area contributed by atoms with Crippen LogP contribution in [0.5, 0.6) is 0 Å². The van der Waals surface area contributed by atoms with Gasteiger partial charge in [-0.25, -0.2) is 4.98 Å². The van der Waals surface area contributed by atoms with Crippen LogP contribution < -0.4 is 0 Å². The van der Waals surface area contributed by atoms with Gasteiger partial charge in [0.15, 0.2) is 0 Å². The molecule has 0 N–H and O–H groups in total. The first-order valence-electron chi connectivity index (χ1n) is 9.64. The van der Waals surface area contributed by atoms with Crippen molar-refractivity contribution in [3.63, 3.8) is 0 Å². The number of hydrogen-bond donors (Lipinski definition) is 0. The van der Waals surface area contributed by atoms with E-state index in [-0.39, 0.29) is 23.9 Å². The maximum Gasteiger partial charge on any atom is 0.274 e. The lowest BCUT2D eigenvalue weighted by atomic mass is 9.96. The van der Waals surface area contributed by atoms with Crippen molar-refractivity contribution in [1.29, 1.82) is 0 Å². The molecule has 2 aromatic rings. The number of rotatable bonds is 3. The van der Waals surface area contributed by atoms with Crippen LogP contribution >= 0.6 is 0 Å². The van der Waals surface area contributed by atoms with Gasteiger partial charge in [-0.2, -0.15) is 0 Å². The van der Waals surface area contributed by atoms with Gasteiger partial charge in [0.25, 0.3) is 5.91 Å². The first-order chi connectivity index (χ1) is 13.2. The third-order valence-corrected chi connectivity index (χ3v) is 5.61. The van der Waals surface area contributed by atoms with Crippen LogP contribution in [0.15, 0.2) is 48.9 Å². The molecule has 2 atom stereocenters. The molecule has 1 aromatic carbocycles. The summed E-state index contributed by atoms with van der Waals surface area (Å²) in [6, 6.07) is 10.2. The maximum atomic E-state index is 13.0. The zero-order valence-electron chi connectivity index (χ0n) is 15.3. The fourth-order valence-corrected chi connectivity index (χ4v) is 4.30. The lowest BCUT2D eigenvalue weighted by Gasteiger charge is -2.37. The van der Waals surface area contributed by atoms with Crippen molar-refractivity contribution in [3.8, 4) is 0 Å². The molecule has 0 saturated carbocycles. The van der Waals surface area contributed by atoms with E-state index in [0.29, 0.717) is 25.2 Å². The smallest absolute Gasteiger partial charge is 0.274 e.